The fraction of sp³-hybridized carbons (Fsp3) is 0.667. The van der Waals surface area contributed by atoms with Crippen LogP contribution in [-0.4, -0.2) is 37.0 Å². The van der Waals surface area contributed by atoms with Crippen LogP contribution in [0.2, 0.25) is 0 Å². The maximum absolute atomic E-state index is 5.83. The maximum Gasteiger partial charge on any atom is 0.191 e. The molecule has 0 radical (unpaired) electrons. The van der Waals surface area contributed by atoms with Crippen molar-refractivity contribution in [3.8, 4) is 0 Å². The summed E-state index contributed by atoms with van der Waals surface area (Å²) in [6.07, 6.45) is 3.35. The van der Waals surface area contributed by atoms with Gasteiger partial charge in [0.15, 0.2) is 12.1 Å². The zero-order chi connectivity index (χ0) is 11.3. The Kier molecular flexibility index (Phi) is 2.23. The van der Waals surface area contributed by atoms with Crippen molar-refractivity contribution in [1.82, 2.24) is 0 Å². The van der Waals surface area contributed by atoms with Crippen LogP contribution in [0.1, 0.15) is 13.8 Å². The van der Waals surface area contributed by atoms with Gasteiger partial charge in [0.05, 0.1) is 12.7 Å². The molecule has 0 spiro atoms. The van der Waals surface area contributed by atoms with Gasteiger partial charge in [0, 0.05) is 0 Å². The van der Waals surface area contributed by atoms with Crippen molar-refractivity contribution in [3.63, 3.8) is 0 Å². The van der Waals surface area contributed by atoms with Crippen LogP contribution in [0.25, 0.3) is 0 Å². The Hall–Kier alpha value is -0.680. The lowest BCUT2D eigenvalue weighted by molar-refractivity contribution is -0.205. The quantitative estimate of drug-likeness (QED) is 0.630. The van der Waals surface area contributed by atoms with Crippen molar-refractivity contribution >= 4 is 0 Å². The van der Waals surface area contributed by atoms with E-state index in [1.807, 2.05) is 19.9 Å². The summed E-state index contributed by atoms with van der Waals surface area (Å²) in [5.74, 6) is -0.566. The second kappa shape index (κ2) is 3.40. The second-order valence-corrected chi connectivity index (χ2v) is 4.75. The summed E-state index contributed by atoms with van der Waals surface area (Å²) < 4.78 is 22.8. The van der Waals surface area contributed by atoms with Gasteiger partial charge in [-0.1, -0.05) is 6.08 Å². The van der Waals surface area contributed by atoms with Crippen LogP contribution in [0.15, 0.2) is 24.3 Å². The van der Waals surface area contributed by atoms with Gasteiger partial charge >= 0.3 is 0 Å². The molecule has 3 rings (SSSR count). The zero-order valence-corrected chi connectivity index (χ0v) is 9.51. The summed E-state index contributed by atoms with van der Waals surface area (Å²) >= 11 is 0. The van der Waals surface area contributed by atoms with Gasteiger partial charge in [-0.05, 0) is 25.5 Å². The van der Waals surface area contributed by atoms with Crippen LogP contribution in [0.5, 0.6) is 0 Å². The highest BCUT2D eigenvalue weighted by atomic mass is 16.8. The van der Waals surface area contributed by atoms with Crippen LogP contribution in [0.4, 0.5) is 0 Å². The van der Waals surface area contributed by atoms with E-state index >= 15 is 0 Å². The van der Waals surface area contributed by atoms with Crippen molar-refractivity contribution in [2.45, 2.75) is 44.2 Å². The largest absolute Gasteiger partial charge is 0.367 e. The van der Waals surface area contributed by atoms with E-state index in [1.54, 1.807) is 6.08 Å². The summed E-state index contributed by atoms with van der Waals surface area (Å²) in [6, 6.07) is 0. The van der Waals surface area contributed by atoms with Crippen LogP contribution in [-0.2, 0) is 18.9 Å². The Morgan fingerprint density at radius 3 is 3.00 bits per heavy atom. The Bertz CT molecular complexity index is 347. The predicted octanol–water partition coefficient (Wildman–Crippen LogP) is 1.37. The average Bonchev–Trinajstić information content (AvgIpc) is 2.69. The number of rotatable bonds is 1. The fourth-order valence-corrected chi connectivity index (χ4v) is 2.39. The van der Waals surface area contributed by atoms with E-state index in [4.69, 9.17) is 18.9 Å². The van der Waals surface area contributed by atoms with Crippen molar-refractivity contribution in [2.24, 2.45) is 0 Å². The molecule has 3 aliphatic heterocycles. The molecule has 0 aromatic rings. The standard InChI is InChI=1S/C12H16O4/c1-4-7-5-8-9(6-13-7)14-11-10(8)15-12(2,3)16-11/h4-5,7,9-11H,1,6H2,2-3H3/t7?,9-,10-,11-/m1/s1. The van der Waals surface area contributed by atoms with E-state index in [9.17, 15) is 0 Å². The molecular formula is C12H16O4. The molecule has 0 aromatic heterocycles. The minimum Gasteiger partial charge on any atom is -0.367 e. The SMILES string of the molecule is C=CC1C=C2[C@H]3OC(C)(C)O[C@H]3O[C@@H]2CO1. The first kappa shape index (κ1) is 10.5. The van der Waals surface area contributed by atoms with Crippen LogP contribution < -0.4 is 0 Å². The highest BCUT2D eigenvalue weighted by Crippen LogP contribution is 2.41. The number of fused-ring (bicyclic) bond motifs is 3. The molecule has 4 heteroatoms. The van der Waals surface area contributed by atoms with Gasteiger partial charge in [0.25, 0.3) is 0 Å². The van der Waals surface area contributed by atoms with E-state index in [2.05, 4.69) is 6.58 Å². The van der Waals surface area contributed by atoms with Gasteiger partial charge in [-0.25, -0.2) is 0 Å². The first-order chi connectivity index (χ1) is 7.59. The minimum atomic E-state index is -0.566. The first-order valence-electron chi connectivity index (χ1n) is 5.56. The molecule has 88 valence electrons. The predicted molar refractivity (Wildman–Crippen MR) is 56.7 cm³/mol. The van der Waals surface area contributed by atoms with Gasteiger partial charge in [-0.2, -0.15) is 0 Å². The minimum absolute atomic E-state index is 0.0256. The third-order valence-corrected chi connectivity index (χ3v) is 3.09. The van der Waals surface area contributed by atoms with Crippen molar-refractivity contribution < 1.29 is 18.9 Å². The van der Waals surface area contributed by atoms with Crippen molar-refractivity contribution in [1.29, 1.82) is 0 Å². The molecule has 4 nitrogen and oxygen atoms in total. The monoisotopic (exact) mass is 224 g/mol. The molecule has 0 amide bonds. The number of hydrogen-bond acceptors (Lipinski definition) is 4. The molecule has 16 heavy (non-hydrogen) atoms. The fourth-order valence-electron chi connectivity index (χ4n) is 2.39. The Balaban J connectivity index is 1.87. The van der Waals surface area contributed by atoms with Crippen LogP contribution >= 0.6 is 0 Å². The lowest BCUT2D eigenvalue weighted by Gasteiger charge is -2.26. The van der Waals surface area contributed by atoms with E-state index in [0.29, 0.717) is 6.61 Å². The number of ether oxygens (including phenoxy) is 4. The molecule has 0 bridgehead atoms. The van der Waals surface area contributed by atoms with E-state index in [1.165, 1.54) is 0 Å². The Morgan fingerprint density at radius 2 is 2.25 bits per heavy atom. The van der Waals surface area contributed by atoms with Crippen molar-refractivity contribution in [2.75, 3.05) is 6.61 Å². The van der Waals surface area contributed by atoms with Crippen LogP contribution in [0, 0.1) is 0 Å². The lowest BCUT2D eigenvalue weighted by atomic mass is 10.0. The van der Waals surface area contributed by atoms with Gasteiger partial charge in [-0.15, -0.1) is 6.58 Å². The molecule has 0 aromatic carbocycles. The molecule has 2 saturated heterocycles. The lowest BCUT2D eigenvalue weighted by Crippen LogP contribution is -2.31. The van der Waals surface area contributed by atoms with Gasteiger partial charge in [0.2, 0.25) is 0 Å². The molecule has 3 heterocycles. The second-order valence-electron chi connectivity index (χ2n) is 4.75. The summed E-state index contributed by atoms with van der Waals surface area (Å²) in [4.78, 5) is 0. The molecule has 1 unspecified atom stereocenters. The van der Waals surface area contributed by atoms with Crippen LogP contribution in [0.3, 0.4) is 0 Å². The summed E-state index contributed by atoms with van der Waals surface area (Å²) in [7, 11) is 0. The van der Waals surface area contributed by atoms with Gasteiger partial charge in [0.1, 0.15) is 12.2 Å². The summed E-state index contributed by atoms with van der Waals surface area (Å²) in [5, 5.41) is 0. The normalized spacial score (nSPS) is 44.8. The molecule has 3 aliphatic rings. The molecule has 0 saturated carbocycles. The van der Waals surface area contributed by atoms with Gasteiger partial charge in [-0.3, -0.25) is 0 Å². The molecule has 4 atom stereocenters. The topological polar surface area (TPSA) is 36.9 Å². The molecule has 0 N–H and O–H groups in total. The molecular weight excluding hydrogens is 208 g/mol. The zero-order valence-electron chi connectivity index (χ0n) is 9.51. The smallest absolute Gasteiger partial charge is 0.191 e. The Morgan fingerprint density at radius 1 is 1.44 bits per heavy atom. The molecule has 0 aliphatic carbocycles. The van der Waals surface area contributed by atoms with E-state index in [0.717, 1.165) is 5.57 Å². The Labute approximate surface area is 94.8 Å². The van der Waals surface area contributed by atoms with E-state index < -0.39 is 5.79 Å². The first-order valence-corrected chi connectivity index (χ1v) is 5.56. The summed E-state index contributed by atoms with van der Waals surface area (Å²) in [6.45, 7) is 8.07. The summed E-state index contributed by atoms with van der Waals surface area (Å²) in [5.41, 5.74) is 1.13. The highest BCUT2D eigenvalue weighted by Gasteiger charge is 2.52. The number of hydrogen-bond donors (Lipinski definition) is 0. The average molecular weight is 224 g/mol. The van der Waals surface area contributed by atoms with Crippen molar-refractivity contribution in [3.05, 3.63) is 24.3 Å². The van der Waals surface area contributed by atoms with E-state index in [-0.39, 0.29) is 24.6 Å². The highest BCUT2D eigenvalue weighted by molar-refractivity contribution is 5.26. The molecule has 2 fully saturated rings. The van der Waals surface area contributed by atoms with Gasteiger partial charge < -0.3 is 18.9 Å². The third kappa shape index (κ3) is 1.53. The maximum atomic E-state index is 5.83. The third-order valence-electron chi connectivity index (χ3n) is 3.09.